The maximum absolute atomic E-state index is 8.64. The number of aliphatic hydroxyl groups is 1. The molecule has 0 radical (unpaired) electrons. The molecule has 0 aromatic heterocycles. The van der Waals surface area contributed by atoms with E-state index in [0.29, 0.717) is 6.04 Å². The van der Waals surface area contributed by atoms with Gasteiger partial charge in [0, 0.05) is 18.2 Å². The van der Waals surface area contributed by atoms with Crippen LogP contribution in [-0.2, 0) is 6.54 Å². The minimum Gasteiger partial charge on any atom is -0.384 e. The third kappa shape index (κ3) is 3.60. The summed E-state index contributed by atoms with van der Waals surface area (Å²) in [7, 11) is 2.20. The van der Waals surface area contributed by atoms with Crippen molar-refractivity contribution in [3.63, 3.8) is 0 Å². The first-order valence-electron chi connectivity index (χ1n) is 6.59. The quantitative estimate of drug-likeness (QED) is 0.820. The Morgan fingerprint density at radius 2 is 2.00 bits per heavy atom. The summed E-state index contributed by atoms with van der Waals surface area (Å²) < 4.78 is 0. The molecule has 1 unspecified atom stereocenters. The van der Waals surface area contributed by atoms with E-state index in [9.17, 15) is 0 Å². The molecule has 1 saturated carbocycles. The van der Waals surface area contributed by atoms with Gasteiger partial charge in [-0.3, -0.25) is 4.90 Å². The maximum atomic E-state index is 8.64. The predicted octanol–water partition coefficient (Wildman–Crippen LogP) is 2.26. The molecule has 2 rings (SSSR count). The summed E-state index contributed by atoms with van der Waals surface area (Å²) in [5, 5.41) is 8.64. The zero-order chi connectivity index (χ0) is 13.0. The number of benzene rings is 1. The van der Waals surface area contributed by atoms with Gasteiger partial charge in [0.2, 0.25) is 0 Å². The molecule has 2 nitrogen and oxygen atoms in total. The van der Waals surface area contributed by atoms with Crippen LogP contribution in [0.25, 0.3) is 0 Å². The van der Waals surface area contributed by atoms with Crippen molar-refractivity contribution in [1.82, 2.24) is 4.90 Å². The average Bonchev–Trinajstić information content (AvgIpc) is 3.21. The van der Waals surface area contributed by atoms with Gasteiger partial charge in [0.25, 0.3) is 0 Å². The van der Waals surface area contributed by atoms with Crippen molar-refractivity contribution in [1.29, 1.82) is 0 Å². The fourth-order valence-electron chi connectivity index (χ4n) is 2.21. The van der Waals surface area contributed by atoms with E-state index in [2.05, 4.69) is 42.8 Å². The Kier molecular flexibility index (Phi) is 4.41. The monoisotopic (exact) mass is 243 g/mol. The predicted molar refractivity (Wildman–Crippen MR) is 74.1 cm³/mol. The van der Waals surface area contributed by atoms with Crippen LogP contribution in [0.5, 0.6) is 0 Å². The lowest BCUT2D eigenvalue weighted by Gasteiger charge is -2.24. The molecule has 0 saturated heterocycles. The fraction of sp³-hybridized carbons (Fsp3) is 0.500. The Balaban J connectivity index is 1.92. The van der Waals surface area contributed by atoms with E-state index in [1.807, 2.05) is 12.1 Å². The first-order valence-corrected chi connectivity index (χ1v) is 6.59. The summed E-state index contributed by atoms with van der Waals surface area (Å²) >= 11 is 0. The second-order valence-corrected chi connectivity index (χ2v) is 5.15. The van der Waals surface area contributed by atoms with Crippen LogP contribution in [0.15, 0.2) is 24.3 Å². The van der Waals surface area contributed by atoms with E-state index in [1.54, 1.807) is 0 Å². The molecule has 1 aliphatic rings. The normalized spacial score (nSPS) is 16.2. The van der Waals surface area contributed by atoms with Gasteiger partial charge in [0.05, 0.1) is 0 Å². The van der Waals surface area contributed by atoms with E-state index in [4.69, 9.17) is 5.11 Å². The number of aliphatic hydroxyl groups excluding tert-OH is 1. The van der Waals surface area contributed by atoms with E-state index in [1.165, 1.54) is 18.4 Å². The average molecular weight is 243 g/mol. The van der Waals surface area contributed by atoms with Gasteiger partial charge in [0.15, 0.2) is 0 Å². The number of rotatable bonds is 4. The van der Waals surface area contributed by atoms with Crippen LogP contribution in [-0.4, -0.2) is 29.7 Å². The minimum atomic E-state index is -0.0800. The van der Waals surface area contributed by atoms with Gasteiger partial charge in [-0.05, 0) is 50.4 Å². The molecule has 1 atom stereocenters. The van der Waals surface area contributed by atoms with Crippen molar-refractivity contribution in [2.75, 3.05) is 13.7 Å². The second kappa shape index (κ2) is 6.04. The van der Waals surface area contributed by atoms with Crippen LogP contribution in [0.2, 0.25) is 0 Å². The van der Waals surface area contributed by atoms with Crippen molar-refractivity contribution in [3.8, 4) is 11.8 Å². The lowest BCUT2D eigenvalue weighted by atomic mass is 10.1. The van der Waals surface area contributed by atoms with E-state index < -0.39 is 0 Å². The topological polar surface area (TPSA) is 23.5 Å². The number of hydrogen-bond donors (Lipinski definition) is 1. The summed E-state index contributed by atoms with van der Waals surface area (Å²) in [6.45, 7) is 3.23. The fourth-order valence-corrected chi connectivity index (χ4v) is 2.21. The smallest absolute Gasteiger partial charge is 0.104 e. The highest BCUT2D eigenvalue weighted by Crippen LogP contribution is 2.35. The van der Waals surface area contributed by atoms with Crippen LogP contribution in [0.3, 0.4) is 0 Å². The number of nitrogens with zero attached hydrogens (tertiary/aromatic N) is 1. The van der Waals surface area contributed by atoms with Crippen molar-refractivity contribution < 1.29 is 5.11 Å². The summed E-state index contributed by atoms with van der Waals surface area (Å²) in [6.07, 6.45) is 2.78. The maximum Gasteiger partial charge on any atom is 0.104 e. The van der Waals surface area contributed by atoms with Crippen LogP contribution in [0.4, 0.5) is 0 Å². The minimum absolute atomic E-state index is 0.0800. The first kappa shape index (κ1) is 13.1. The Hall–Kier alpha value is -1.30. The highest BCUT2D eigenvalue weighted by molar-refractivity contribution is 5.36. The Labute approximate surface area is 110 Å². The molecule has 0 bridgehead atoms. The molecule has 0 amide bonds. The molecule has 1 N–H and O–H groups in total. The zero-order valence-corrected chi connectivity index (χ0v) is 11.2. The molecule has 1 aromatic rings. The highest BCUT2D eigenvalue weighted by atomic mass is 16.2. The van der Waals surface area contributed by atoms with Crippen LogP contribution in [0.1, 0.15) is 30.9 Å². The third-order valence-corrected chi connectivity index (χ3v) is 3.70. The van der Waals surface area contributed by atoms with Crippen LogP contribution < -0.4 is 0 Å². The van der Waals surface area contributed by atoms with Gasteiger partial charge < -0.3 is 5.11 Å². The molecule has 1 fully saturated rings. The highest BCUT2D eigenvalue weighted by Gasteiger charge is 2.30. The standard InChI is InChI=1S/C16H21NO/c1-13(16-9-10-16)17(2)12-15-7-5-14(6-8-15)4-3-11-18/h5-8,13,16,18H,9-12H2,1-2H3. The van der Waals surface area contributed by atoms with Gasteiger partial charge in [-0.25, -0.2) is 0 Å². The summed E-state index contributed by atoms with van der Waals surface area (Å²) in [5.74, 6) is 6.48. The van der Waals surface area contributed by atoms with Crippen molar-refractivity contribution in [2.45, 2.75) is 32.4 Å². The summed E-state index contributed by atoms with van der Waals surface area (Å²) in [4.78, 5) is 2.42. The zero-order valence-electron chi connectivity index (χ0n) is 11.2. The van der Waals surface area contributed by atoms with Crippen LogP contribution in [0, 0.1) is 17.8 Å². The lowest BCUT2D eigenvalue weighted by Crippen LogP contribution is -2.30. The number of hydrogen-bond acceptors (Lipinski definition) is 2. The Morgan fingerprint density at radius 1 is 1.33 bits per heavy atom. The van der Waals surface area contributed by atoms with Gasteiger partial charge in [-0.1, -0.05) is 24.0 Å². The van der Waals surface area contributed by atoms with Gasteiger partial charge in [-0.2, -0.15) is 0 Å². The Bertz CT molecular complexity index is 436. The lowest BCUT2D eigenvalue weighted by molar-refractivity contribution is 0.226. The van der Waals surface area contributed by atoms with Crippen molar-refractivity contribution in [2.24, 2.45) is 5.92 Å². The molecule has 0 aliphatic heterocycles. The molecule has 0 spiro atoms. The van der Waals surface area contributed by atoms with Gasteiger partial charge in [-0.15, -0.1) is 0 Å². The van der Waals surface area contributed by atoms with Gasteiger partial charge >= 0.3 is 0 Å². The molecule has 18 heavy (non-hydrogen) atoms. The molecule has 96 valence electrons. The van der Waals surface area contributed by atoms with E-state index in [-0.39, 0.29) is 6.61 Å². The molecule has 0 heterocycles. The molecular weight excluding hydrogens is 222 g/mol. The summed E-state index contributed by atoms with van der Waals surface area (Å²) in [5.41, 5.74) is 2.28. The van der Waals surface area contributed by atoms with Crippen molar-refractivity contribution in [3.05, 3.63) is 35.4 Å². The molecule has 1 aliphatic carbocycles. The van der Waals surface area contributed by atoms with Crippen LogP contribution >= 0.6 is 0 Å². The van der Waals surface area contributed by atoms with Crippen molar-refractivity contribution >= 4 is 0 Å². The molecule has 1 aromatic carbocycles. The first-order chi connectivity index (χ1) is 8.70. The molecular formula is C16H21NO. The molecule has 2 heteroatoms. The largest absolute Gasteiger partial charge is 0.384 e. The van der Waals surface area contributed by atoms with E-state index >= 15 is 0 Å². The third-order valence-electron chi connectivity index (χ3n) is 3.70. The Morgan fingerprint density at radius 3 is 2.56 bits per heavy atom. The second-order valence-electron chi connectivity index (χ2n) is 5.15. The van der Waals surface area contributed by atoms with Gasteiger partial charge in [0.1, 0.15) is 6.61 Å². The van der Waals surface area contributed by atoms with E-state index in [0.717, 1.165) is 18.0 Å². The summed E-state index contributed by atoms with van der Waals surface area (Å²) in [6, 6.07) is 8.97. The SMILES string of the molecule is CC(C1CC1)N(C)Cc1ccc(C#CCO)cc1.